The van der Waals surface area contributed by atoms with Crippen LogP contribution in [0, 0.1) is 29.1 Å². The minimum atomic E-state index is -6.78. The molecule has 0 aliphatic rings. The third-order valence-corrected chi connectivity index (χ3v) is 2.32. The Kier molecular flexibility index (Phi) is 3.92. The van der Waals surface area contributed by atoms with Crippen LogP contribution < -0.4 is 0 Å². The van der Waals surface area contributed by atoms with E-state index in [1.165, 1.54) is 0 Å². The standard InChI is InChI=1S/C9HF11O/c10-2-1(3(11)5(13)6(14)4(2)12)7(15,16)8(17,21)9(18,19)20/h21H. The number of halogens is 11. The van der Waals surface area contributed by atoms with E-state index in [0.717, 1.165) is 0 Å². The van der Waals surface area contributed by atoms with Gasteiger partial charge < -0.3 is 5.11 Å². The fourth-order valence-electron chi connectivity index (χ4n) is 1.22. The van der Waals surface area contributed by atoms with Crippen molar-refractivity contribution < 1.29 is 53.4 Å². The zero-order valence-corrected chi connectivity index (χ0v) is 9.10. The number of rotatable bonds is 2. The molecule has 1 aromatic carbocycles. The van der Waals surface area contributed by atoms with Gasteiger partial charge in [-0.2, -0.15) is 26.3 Å². The van der Waals surface area contributed by atoms with Crippen molar-refractivity contribution >= 4 is 0 Å². The molecule has 0 aliphatic carbocycles. The molecule has 0 saturated heterocycles. The second-order valence-corrected chi connectivity index (χ2v) is 3.64. The molecule has 1 N–H and O–H groups in total. The highest BCUT2D eigenvalue weighted by atomic mass is 19.4. The molecule has 1 nitrogen and oxygen atoms in total. The number of aliphatic hydroxyl groups is 1. The van der Waals surface area contributed by atoms with Gasteiger partial charge >= 0.3 is 18.0 Å². The molecule has 0 amide bonds. The smallest absolute Gasteiger partial charge is 0.350 e. The van der Waals surface area contributed by atoms with Gasteiger partial charge in [0, 0.05) is 0 Å². The second-order valence-electron chi connectivity index (χ2n) is 3.64. The van der Waals surface area contributed by atoms with Gasteiger partial charge in [0.25, 0.3) is 0 Å². The number of hydrogen-bond donors (Lipinski definition) is 1. The molecular weight excluding hydrogens is 333 g/mol. The van der Waals surface area contributed by atoms with Crippen molar-refractivity contribution in [1.29, 1.82) is 0 Å². The van der Waals surface area contributed by atoms with Crippen molar-refractivity contribution in [1.82, 2.24) is 0 Å². The van der Waals surface area contributed by atoms with E-state index >= 15 is 0 Å². The molecule has 12 heteroatoms. The lowest BCUT2D eigenvalue weighted by Gasteiger charge is -2.30. The van der Waals surface area contributed by atoms with E-state index in [1.54, 1.807) is 0 Å². The lowest BCUT2D eigenvalue weighted by molar-refractivity contribution is -0.391. The maximum Gasteiger partial charge on any atom is 0.455 e. The lowest BCUT2D eigenvalue weighted by Crippen LogP contribution is -2.54. The van der Waals surface area contributed by atoms with Gasteiger partial charge in [-0.05, 0) is 0 Å². The normalized spacial score (nSPS) is 16.0. The predicted octanol–water partition coefficient (Wildman–Crippen LogP) is 3.69. The van der Waals surface area contributed by atoms with Crippen molar-refractivity contribution in [3.05, 3.63) is 34.6 Å². The van der Waals surface area contributed by atoms with Crippen LogP contribution in [0.25, 0.3) is 0 Å². The van der Waals surface area contributed by atoms with Crippen LogP contribution in [0.15, 0.2) is 0 Å². The molecule has 1 unspecified atom stereocenters. The second kappa shape index (κ2) is 4.71. The lowest BCUT2D eigenvalue weighted by atomic mass is 9.98. The highest BCUT2D eigenvalue weighted by Gasteiger charge is 2.73. The van der Waals surface area contributed by atoms with Crippen LogP contribution in [0.5, 0.6) is 0 Å². The first-order chi connectivity index (χ1) is 9.18. The summed E-state index contributed by atoms with van der Waals surface area (Å²) in [5.74, 6) is -28.9. The number of alkyl halides is 6. The van der Waals surface area contributed by atoms with Crippen molar-refractivity contribution in [2.45, 2.75) is 18.0 Å². The number of hydrogen-bond acceptors (Lipinski definition) is 1. The summed E-state index contributed by atoms with van der Waals surface area (Å²) in [5, 5.41) is 8.12. The van der Waals surface area contributed by atoms with Crippen LogP contribution in [0.4, 0.5) is 48.3 Å². The van der Waals surface area contributed by atoms with Crippen LogP contribution in [0.3, 0.4) is 0 Å². The molecule has 120 valence electrons. The Morgan fingerprint density at radius 3 is 1.14 bits per heavy atom. The van der Waals surface area contributed by atoms with Gasteiger partial charge in [-0.3, -0.25) is 0 Å². The monoisotopic (exact) mass is 334 g/mol. The quantitative estimate of drug-likeness (QED) is 0.497. The van der Waals surface area contributed by atoms with E-state index in [-0.39, 0.29) is 0 Å². The van der Waals surface area contributed by atoms with E-state index in [1.807, 2.05) is 0 Å². The maximum absolute atomic E-state index is 13.2. The number of benzene rings is 1. The van der Waals surface area contributed by atoms with Crippen molar-refractivity contribution in [3.63, 3.8) is 0 Å². The minimum Gasteiger partial charge on any atom is -0.350 e. The molecule has 1 aromatic rings. The van der Waals surface area contributed by atoms with Gasteiger partial charge in [0.2, 0.25) is 5.82 Å². The van der Waals surface area contributed by atoms with Gasteiger partial charge in [-0.1, -0.05) is 0 Å². The maximum atomic E-state index is 13.2. The summed E-state index contributed by atoms with van der Waals surface area (Å²) in [6.45, 7) is 0. The molecule has 1 rings (SSSR count). The topological polar surface area (TPSA) is 20.2 Å². The molecule has 0 aliphatic heterocycles. The fraction of sp³-hybridized carbons (Fsp3) is 0.333. The first kappa shape index (κ1) is 17.5. The highest BCUT2D eigenvalue weighted by molar-refractivity contribution is 5.30. The van der Waals surface area contributed by atoms with Crippen molar-refractivity contribution in [3.8, 4) is 0 Å². The van der Waals surface area contributed by atoms with Crippen LogP contribution in [0.1, 0.15) is 5.56 Å². The van der Waals surface area contributed by atoms with Gasteiger partial charge in [-0.15, -0.1) is 0 Å². The van der Waals surface area contributed by atoms with Gasteiger partial charge in [0.15, 0.2) is 23.3 Å². The summed E-state index contributed by atoms with van der Waals surface area (Å²) < 4.78 is 139. The van der Waals surface area contributed by atoms with Gasteiger partial charge in [0.1, 0.15) is 5.56 Å². The molecule has 0 bridgehead atoms. The minimum absolute atomic E-state index is 2.95. The highest BCUT2D eigenvalue weighted by Crippen LogP contribution is 2.50. The van der Waals surface area contributed by atoms with Crippen molar-refractivity contribution in [2.24, 2.45) is 0 Å². The molecule has 0 radical (unpaired) electrons. The fourth-order valence-corrected chi connectivity index (χ4v) is 1.22. The SMILES string of the molecule is OC(F)(C(F)(F)F)C(F)(F)c1c(F)c(F)c(F)c(F)c1F. The van der Waals surface area contributed by atoms with E-state index in [4.69, 9.17) is 5.11 Å². The Morgan fingerprint density at radius 1 is 0.571 bits per heavy atom. The Labute approximate surface area is 107 Å². The first-order valence-corrected chi connectivity index (χ1v) is 4.55. The summed E-state index contributed by atoms with van der Waals surface area (Å²) in [7, 11) is 0. The van der Waals surface area contributed by atoms with Gasteiger partial charge in [-0.25, -0.2) is 22.0 Å². The average Bonchev–Trinajstić information content (AvgIpc) is 2.32. The molecule has 1 atom stereocenters. The Balaban J connectivity index is 3.76. The summed E-state index contributed by atoms with van der Waals surface area (Å²) in [5.41, 5.74) is -3.44. The van der Waals surface area contributed by atoms with E-state index in [0.29, 0.717) is 0 Å². The molecule has 0 spiro atoms. The summed E-state index contributed by atoms with van der Waals surface area (Å²) in [6, 6.07) is 0. The molecular formula is C9HF11O. The average molecular weight is 334 g/mol. The van der Waals surface area contributed by atoms with Crippen LogP contribution in [-0.2, 0) is 5.92 Å². The zero-order chi connectivity index (χ0) is 17.0. The summed E-state index contributed by atoms with van der Waals surface area (Å²) in [6.07, 6.45) is -6.78. The molecule has 21 heavy (non-hydrogen) atoms. The summed E-state index contributed by atoms with van der Waals surface area (Å²) >= 11 is 0. The van der Waals surface area contributed by atoms with E-state index in [9.17, 15) is 48.3 Å². The first-order valence-electron chi connectivity index (χ1n) is 4.55. The van der Waals surface area contributed by atoms with Gasteiger partial charge in [0.05, 0.1) is 0 Å². The molecule has 0 heterocycles. The third-order valence-electron chi connectivity index (χ3n) is 2.32. The van der Waals surface area contributed by atoms with Crippen LogP contribution in [-0.4, -0.2) is 17.1 Å². The predicted molar refractivity (Wildman–Crippen MR) is 42.2 cm³/mol. The van der Waals surface area contributed by atoms with Crippen molar-refractivity contribution in [2.75, 3.05) is 0 Å². The third kappa shape index (κ3) is 2.30. The van der Waals surface area contributed by atoms with Crippen LogP contribution >= 0.6 is 0 Å². The Hall–Kier alpha value is -1.59. The molecule has 0 saturated carbocycles. The Morgan fingerprint density at radius 2 is 0.857 bits per heavy atom. The molecule has 0 aromatic heterocycles. The Bertz CT molecular complexity index is 545. The molecule has 0 fully saturated rings. The zero-order valence-electron chi connectivity index (χ0n) is 9.10. The summed E-state index contributed by atoms with van der Waals surface area (Å²) in [4.78, 5) is 0. The van der Waals surface area contributed by atoms with E-state index < -0.39 is 52.6 Å². The van der Waals surface area contributed by atoms with Crippen LogP contribution in [0.2, 0.25) is 0 Å². The largest absolute Gasteiger partial charge is 0.455 e. The van der Waals surface area contributed by atoms with E-state index in [2.05, 4.69) is 0 Å².